The van der Waals surface area contributed by atoms with Crippen LogP contribution in [0.4, 0.5) is 0 Å². The fourth-order valence-corrected chi connectivity index (χ4v) is 4.15. The predicted molar refractivity (Wildman–Crippen MR) is 90.7 cm³/mol. The molecular formula is C14H25N2O3PS. The maximum atomic E-state index is 5.91. The van der Waals surface area contributed by atoms with Gasteiger partial charge in [0.25, 0.3) is 6.49 Å². The van der Waals surface area contributed by atoms with Gasteiger partial charge in [0.05, 0.1) is 18.9 Å². The number of epoxide rings is 1. The second-order valence-electron chi connectivity index (χ2n) is 6.07. The van der Waals surface area contributed by atoms with E-state index in [-0.39, 0.29) is 17.4 Å². The Hall–Kier alpha value is -0.680. The Morgan fingerprint density at radius 2 is 2.10 bits per heavy atom. The third-order valence-electron chi connectivity index (χ3n) is 2.56. The van der Waals surface area contributed by atoms with Gasteiger partial charge in [-0.1, -0.05) is 27.4 Å². The van der Waals surface area contributed by atoms with Crippen LogP contribution in [-0.4, -0.2) is 24.4 Å². The highest BCUT2D eigenvalue weighted by Crippen LogP contribution is 2.60. The Morgan fingerprint density at radius 1 is 1.52 bits per heavy atom. The number of nitrogens with zero attached hydrogens (tertiary/aromatic N) is 1. The van der Waals surface area contributed by atoms with Crippen molar-refractivity contribution >= 4 is 24.1 Å². The van der Waals surface area contributed by atoms with Crippen molar-refractivity contribution in [1.82, 2.24) is 0 Å². The van der Waals surface area contributed by atoms with Crippen molar-refractivity contribution in [2.75, 3.05) is 6.61 Å². The van der Waals surface area contributed by atoms with E-state index in [1.54, 1.807) is 6.08 Å². The van der Waals surface area contributed by atoms with Crippen LogP contribution in [0.15, 0.2) is 29.6 Å². The molecule has 1 aliphatic rings. The zero-order valence-electron chi connectivity index (χ0n) is 13.3. The average Bonchev–Trinajstić information content (AvgIpc) is 3.16. The van der Waals surface area contributed by atoms with E-state index in [4.69, 9.17) is 31.3 Å². The fourth-order valence-electron chi connectivity index (χ4n) is 1.25. The second kappa shape index (κ2) is 7.05. The molecule has 0 saturated carbocycles. The number of nitrogens with two attached hydrogens (primary N) is 1. The minimum Gasteiger partial charge on any atom is -0.440 e. The lowest BCUT2D eigenvalue weighted by Gasteiger charge is -2.23. The number of amidine groups is 1. The first kappa shape index (κ1) is 18.4. The number of rotatable bonds is 7. The standard InChI is InChI=1S/C14H25N2O3PS/c1-7-11(8-16-13(15)14(4,5)6)19-20(21,12-9-17-12)18-10(2)3/h7-8,10,12H,1,9H2,2-6H3,(H2,15,16)/b11-8+. The zero-order chi connectivity index (χ0) is 16.3. The molecule has 120 valence electrons. The largest absolute Gasteiger partial charge is 0.440 e. The molecule has 1 rings (SSSR count). The lowest BCUT2D eigenvalue weighted by Crippen LogP contribution is -2.28. The highest BCUT2D eigenvalue weighted by Gasteiger charge is 2.43. The molecular weight excluding hydrogens is 307 g/mol. The van der Waals surface area contributed by atoms with Crippen LogP contribution in [0.3, 0.4) is 0 Å². The summed E-state index contributed by atoms with van der Waals surface area (Å²) in [7, 11) is 0. The van der Waals surface area contributed by atoms with E-state index in [0.29, 0.717) is 18.2 Å². The number of hydrogen-bond acceptors (Lipinski definition) is 5. The number of aliphatic imine (C=N–C) groups is 1. The second-order valence-corrected chi connectivity index (χ2v) is 9.65. The van der Waals surface area contributed by atoms with Gasteiger partial charge < -0.3 is 19.5 Å². The summed E-state index contributed by atoms with van der Waals surface area (Å²) in [6.45, 7) is 11.5. The molecule has 1 heterocycles. The van der Waals surface area contributed by atoms with Crippen LogP contribution in [0, 0.1) is 5.41 Å². The molecule has 7 heteroatoms. The van der Waals surface area contributed by atoms with Gasteiger partial charge in [-0.25, -0.2) is 4.99 Å². The normalized spacial score (nSPS) is 22.9. The molecule has 0 amide bonds. The number of ether oxygens (including phenoxy) is 1. The first-order valence-corrected chi connectivity index (χ1v) is 9.55. The Kier molecular flexibility index (Phi) is 6.17. The lowest BCUT2D eigenvalue weighted by atomic mass is 9.95. The van der Waals surface area contributed by atoms with Crippen LogP contribution in [-0.2, 0) is 25.6 Å². The van der Waals surface area contributed by atoms with Crippen molar-refractivity contribution in [3.05, 3.63) is 24.6 Å². The topological polar surface area (TPSA) is 69.4 Å². The van der Waals surface area contributed by atoms with Crippen LogP contribution in [0.5, 0.6) is 0 Å². The summed E-state index contributed by atoms with van der Waals surface area (Å²) in [6.07, 6.45) is 3.04. The van der Waals surface area contributed by atoms with Gasteiger partial charge in [-0.2, -0.15) is 0 Å². The Morgan fingerprint density at radius 3 is 2.48 bits per heavy atom. The zero-order valence-corrected chi connectivity index (χ0v) is 15.0. The van der Waals surface area contributed by atoms with Gasteiger partial charge in [-0.3, -0.25) is 0 Å². The van der Waals surface area contributed by atoms with Crippen LogP contribution in [0.1, 0.15) is 34.6 Å². The third-order valence-corrected chi connectivity index (χ3v) is 5.93. The van der Waals surface area contributed by atoms with Crippen LogP contribution in [0.25, 0.3) is 0 Å². The molecule has 2 N–H and O–H groups in total. The van der Waals surface area contributed by atoms with Gasteiger partial charge >= 0.3 is 0 Å². The van der Waals surface area contributed by atoms with Crippen LogP contribution < -0.4 is 5.73 Å². The number of hydrogen-bond donors (Lipinski definition) is 1. The molecule has 0 aromatic heterocycles. The van der Waals surface area contributed by atoms with Crippen molar-refractivity contribution in [2.45, 2.75) is 46.6 Å². The van der Waals surface area contributed by atoms with Gasteiger partial charge in [0.1, 0.15) is 11.6 Å². The molecule has 0 radical (unpaired) electrons. The highest BCUT2D eigenvalue weighted by atomic mass is 32.5. The molecule has 0 aromatic rings. The lowest BCUT2D eigenvalue weighted by molar-refractivity contribution is 0.220. The first-order chi connectivity index (χ1) is 9.58. The van der Waals surface area contributed by atoms with Crippen molar-refractivity contribution < 1.29 is 13.8 Å². The highest BCUT2D eigenvalue weighted by molar-refractivity contribution is 8.10. The van der Waals surface area contributed by atoms with E-state index in [1.807, 2.05) is 34.6 Å². The van der Waals surface area contributed by atoms with E-state index in [1.165, 1.54) is 6.20 Å². The van der Waals surface area contributed by atoms with Crippen molar-refractivity contribution in [3.63, 3.8) is 0 Å². The van der Waals surface area contributed by atoms with Crippen molar-refractivity contribution in [2.24, 2.45) is 16.1 Å². The molecule has 21 heavy (non-hydrogen) atoms. The van der Waals surface area contributed by atoms with E-state index < -0.39 is 6.49 Å². The van der Waals surface area contributed by atoms with Crippen LogP contribution >= 0.6 is 6.49 Å². The summed E-state index contributed by atoms with van der Waals surface area (Å²) in [5, 5.41) is 0. The van der Waals surface area contributed by atoms with Gasteiger partial charge in [-0.05, 0) is 31.7 Å². The molecule has 1 saturated heterocycles. The molecule has 0 bridgehead atoms. The summed E-state index contributed by atoms with van der Waals surface area (Å²) >= 11 is 5.53. The van der Waals surface area contributed by atoms with Gasteiger partial charge in [0.15, 0.2) is 5.85 Å². The Labute approximate surface area is 132 Å². The summed E-state index contributed by atoms with van der Waals surface area (Å²) in [6, 6.07) is 0. The monoisotopic (exact) mass is 332 g/mol. The van der Waals surface area contributed by atoms with Crippen molar-refractivity contribution in [1.29, 1.82) is 0 Å². The fraction of sp³-hybridized carbons (Fsp3) is 0.643. The maximum absolute atomic E-state index is 5.91. The molecule has 0 spiro atoms. The summed E-state index contributed by atoms with van der Waals surface area (Å²) in [5.41, 5.74) is 5.70. The summed E-state index contributed by atoms with van der Waals surface area (Å²) < 4.78 is 16.9. The van der Waals surface area contributed by atoms with E-state index >= 15 is 0 Å². The summed E-state index contributed by atoms with van der Waals surface area (Å²) in [4.78, 5) is 4.22. The molecule has 1 aliphatic heterocycles. The van der Waals surface area contributed by atoms with Gasteiger partial charge in [0, 0.05) is 5.41 Å². The first-order valence-electron chi connectivity index (χ1n) is 6.84. The van der Waals surface area contributed by atoms with Crippen LogP contribution in [0.2, 0.25) is 0 Å². The molecule has 5 nitrogen and oxygen atoms in total. The maximum Gasteiger partial charge on any atom is 0.269 e. The smallest absolute Gasteiger partial charge is 0.269 e. The molecule has 2 atom stereocenters. The Balaban J connectivity index is 2.89. The molecule has 0 aliphatic carbocycles. The van der Waals surface area contributed by atoms with E-state index in [2.05, 4.69) is 11.6 Å². The molecule has 1 fully saturated rings. The van der Waals surface area contributed by atoms with Gasteiger partial charge in [0.2, 0.25) is 0 Å². The van der Waals surface area contributed by atoms with Gasteiger partial charge in [-0.15, -0.1) is 0 Å². The minimum atomic E-state index is -2.55. The summed E-state index contributed by atoms with van der Waals surface area (Å²) in [5.74, 6) is 0.801. The Bertz CT molecular complexity index is 491. The predicted octanol–water partition coefficient (Wildman–Crippen LogP) is 3.52. The van der Waals surface area contributed by atoms with Crippen molar-refractivity contribution in [3.8, 4) is 0 Å². The van der Waals surface area contributed by atoms with E-state index in [9.17, 15) is 0 Å². The molecule has 0 aromatic carbocycles. The SMILES string of the molecule is C=C/C(=C\N=C(N)C(C)(C)C)OP(=S)(OC(C)C)C1CO1. The van der Waals surface area contributed by atoms with E-state index in [0.717, 1.165) is 0 Å². The third kappa shape index (κ3) is 5.91. The average molecular weight is 332 g/mol. The quantitative estimate of drug-likeness (QED) is 0.193. The minimum absolute atomic E-state index is 0.0331. The number of allylic oxidation sites excluding steroid dienone is 1. The molecule has 2 unspecified atom stereocenters.